The number of phenolic OH excluding ortho intramolecular Hbond substituents is 3. The van der Waals surface area contributed by atoms with Crippen molar-refractivity contribution in [3.8, 4) is 34.5 Å². The van der Waals surface area contributed by atoms with E-state index in [1.54, 1.807) is 159 Å². The van der Waals surface area contributed by atoms with E-state index >= 15 is 0 Å². The number of aliphatic hydroxyl groups is 3. The normalized spacial score (nSPS) is 16.8. The highest BCUT2D eigenvalue weighted by Crippen LogP contribution is 2.31. The van der Waals surface area contributed by atoms with Gasteiger partial charge in [0.15, 0.2) is 18.9 Å². The number of hydrogen-bond acceptors (Lipinski definition) is 18. The molecule has 0 saturated carbocycles. The lowest BCUT2D eigenvalue weighted by atomic mass is 10.1. The summed E-state index contributed by atoms with van der Waals surface area (Å²) >= 11 is 5.21. The monoisotopic (exact) mass is 1160 g/mol. The van der Waals surface area contributed by atoms with Crippen molar-refractivity contribution < 1.29 is 73.6 Å². The fraction of sp³-hybridized carbons (Fsp3) is 0.300. The van der Waals surface area contributed by atoms with Gasteiger partial charge in [0.1, 0.15) is 54.3 Å². The smallest absolute Gasteiger partial charge is 0.254 e. The number of aliphatic hydroxyl groups excluding tert-OH is 3. The number of hydrogen-bond donors (Lipinski definition) is 6. The SMILES string of the molecule is O=Cc1c(O)cccc1OCC1CSCCN1C(=O)c1ccccc1CO.O=Cc1c(O)cccc1OC[C@@H]1CSCCN1C(=O)c1ccccc1CO.O=Cc1c(O)cccc1OC[C@H]1CSCCN1C(=O)c1ccccc1CO. The zero-order valence-electron chi connectivity index (χ0n) is 44.1. The molecule has 6 aromatic rings. The van der Waals surface area contributed by atoms with Crippen LogP contribution in [-0.2, 0) is 19.8 Å². The number of aldehydes is 3. The third-order valence-electron chi connectivity index (χ3n) is 13.5. The number of rotatable bonds is 18. The first-order valence-electron chi connectivity index (χ1n) is 25.9. The molecule has 0 bridgehead atoms. The molecule has 9 rings (SSSR count). The van der Waals surface area contributed by atoms with E-state index in [0.717, 1.165) is 17.3 Å². The zero-order chi connectivity index (χ0) is 57.7. The third kappa shape index (κ3) is 15.7. The molecule has 0 radical (unpaired) electrons. The van der Waals surface area contributed by atoms with Crippen LogP contribution in [0.25, 0.3) is 0 Å². The molecule has 3 amide bonds. The molecular formula is C60H63N3O15S3. The van der Waals surface area contributed by atoms with Gasteiger partial charge in [0.25, 0.3) is 17.7 Å². The topological polar surface area (TPSA) is 261 Å². The lowest BCUT2D eigenvalue weighted by molar-refractivity contribution is 0.0638. The van der Waals surface area contributed by atoms with Crippen molar-refractivity contribution >= 4 is 71.9 Å². The summed E-state index contributed by atoms with van der Waals surface area (Å²) in [6, 6.07) is 34.5. The first kappa shape index (κ1) is 61.1. The Morgan fingerprint density at radius 3 is 0.951 bits per heavy atom. The Hall–Kier alpha value is -7.53. The maximum Gasteiger partial charge on any atom is 0.254 e. The maximum atomic E-state index is 13.0. The molecule has 3 fully saturated rings. The van der Waals surface area contributed by atoms with Gasteiger partial charge in [-0.3, -0.25) is 28.8 Å². The molecule has 21 heteroatoms. The van der Waals surface area contributed by atoms with Crippen LogP contribution >= 0.6 is 35.3 Å². The average Bonchev–Trinajstić information content (AvgIpc) is 3.52. The Bertz CT molecular complexity index is 2800. The number of benzene rings is 6. The standard InChI is InChI=1S/3C20H21NO5S/c3*22-10-14-4-1-2-5-16(14)20(25)21-8-9-27-13-15(21)12-26-19-7-3-6-18(24)17(19)11-23/h3*1-7,11,15,22,24H,8-10,12-13H2/t2*15-;/m10./s1. The van der Waals surface area contributed by atoms with E-state index in [4.69, 9.17) is 14.2 Å². The summed E-state index contributed by atoms with van der Waals surface area (Å²) in [5.41, 5.74) is 3.55. The van der Waals surface area contributed by atoms with Gasteiger partial charge >= 0.3 is 0 Å². The molecule has 6 N–H and O–H groups in total. The summed E-state index contributed by atoms with van der Waals surface area (Å²) in [6.07, 6.45) is 1.67. The first-order chi connectivity index (χ1) is 39.5. The highest BCUT2D eigenvalue weighted by atomic mass is 32.2. The minimum Gasteiger partial charge on any atom is -0.507 e. The summed E-state index contributed by atoms with van der Waals surface area (Å²) in [7, 11) is 0. The molecule has 1 unspecified atom stereocenters. The molecule has 0 aromatic heterocycles. The van der Waals surface area contributed by atoms with Gasteiger partial charge in [0.2, 0.25) is 0 Å². The molecule has 0 spiro atoms. The van der Waals surface area contributed by atoms with Crippen LogP contribution in [0, 0.1) is 0 Å². The van der Waals surface area contributed by atoms with Crippen molar-refractivity contribution in [3.63, 3.8) is 0 Å². The van der Waals surface area contributed by atoms with Crippen LogP contribution in [0.3, 0.4) is 0 Å². The van der Waals surface area contributed by atoms with E-state index in [-0.39, 0.29) is 109 Å². The Morgan fingerprint density at radius 1 is 0.420 bits per heavy atom. The molecule has 3 saturated heterocycles. The molecule has 426 valence electrons. The molecule has 18 nitrogen and oxygen atoms in total. The van der Waals surface area contributed by atoms with E-state index in [1.165, 1.54) is 18.2 Å². The van der Waals surface area contributed by atoms with Crippen molar-refractivity contribution in [1.29, 1.82) is 0 Å². The molecule has 3 atom stereocenters. The molecule has 3 heterocycles. The van der Waals surface area contributed by atoms with Gasteiger partial charge in [-0.2, -0.15) is 35.3 Å². The predicted octanol–water partition coefficient (Wildman–Crippen LogP) is 7.00. The molecule has 81 heavy (non-hydrogen) atoms. The summed E-state index contributed by atoms with van der Waals surface area (Å²) in [5.74, 6) is 4.68. The zero-order valence-corrected chi connectivity index (χ0v) is 46.6. The van der Waals surface area contributed by atoms with Crippen LogP contribution in [0.4, 0.5) is 0 Å². The molecule has 3 aliphatic heterocycles. The van der Waals surface area contributed by atoms with E-state index < -0.39 is 0 Å². The van der Waals surface area contributed by atoms with Crippen LogP contribution in [0.1, 0.15) is 78.8 Å². The summed E-state index contributed by atoms with van der Waals surface area (Å²) < 4.78 is 17.3. The Morgan fingerprint density at radius 2 is 0.691 bits per heavy atom. The summed E-state index contributed by atoms with van der Waals surface area (Å²) in [4.78, 5) is 78.0. The van der Waals surface area contributed by atoms with Crippen molar-refractivity contribution in [1.82, 2.24) is 14.7 Å². The molecular weight excluding hydrogens is 1100 g/mol. The van der Waals surface area contributed by atoms with Gasteiger partial charge in [0.05, 0.1) is 54.6 Å². The lowest BCUT2D eigenvalue weighted by Gasteiger charge is -2.35. The fourth-order valence-corrected chi connectivity index (χ4v) is 12.3. The Balaban J connectivity index is 0.000000175. The van der Waals surface area contributed by atoms with Crippen molar-refractivity contribution in [2.75, 3.05) is 74.0 Å². The second kappa shape index (κ2) is 30.9. The lowest BCUT2D eigenvalue weighted by Crippen LogP contribution is -2.49. The van der Waals surface area contributed by atoms with Crippen LogP contribution in [0.2, 0.25) is 0 Å². The van der Waals surface area contributed by atoms with Crippen molar-refractivity contribution in [2.24, 2.45) is 0 Å². The van der Waals surface area contributed by atoms with Gasteiger partial charge in [-0.15, -0.1) is 0 Å². The minimum atomic E-state index is -0.197. The number of carbonyl (C=O) groups excluding carboxylic acids is 6. The van der Waals surface area contributed by atoms with Crippen molar-refractivity contribution in [3.05, 3.63) is 177 Å². The quantitative estimate of drug-likeness (QED) is 0.0473. The number of thioether (sulfide) groups is 3. The Labute approximate surface area is 481 Å². The predicted molar refractivity (Wildman–Crippen MR) is 311 cm³/mol. The van der Waals surface area contributed by atoms with Gasteiger partial charge < -0.3 is 59.5 Å². The Kier molecular flexibility index (Phi) is 23.3. The number of ether oxygens (including phenoxy) is 3. The van der Waals surface area contributed by atoms with E-state index in [9.17, 15) is 59.4 Å². The molecule has 6 aromatic carbocycles. The minimum absolute atomic E-state index is 0.101. The number of carbonyl (C=O) groups is 6. The highest BCUT2D eigenvalue weighted by Gasteiger charge is 2.33. The van der Waals surface area contributed by atoms with Gasteiger partial charge in [0, 0.05) is 70.8 Å². The van der Waals surface area contributed by atoms with Crippen LogP contribution < -0.4 is 14.2 Å². The highest BCUT2D eigenvalue weighted by molar-refractivity contribution is 7.99. The first-order valence-corrected chi connectivity index (χ1v) is 29.3. The van der Waals surface area contributed by atoms with Gasteiger partial charge in [-0.05, 0) is 71.3 Å². The average molecular weight is 1160 g/mol. The van der Waals surface area contributed by atoms with Gasteiger partial charge in [-0.25, -0.2) is 0 Å². The van der Waals surface area contributed by atoms with E-state index in [1.807, 2.05) is 0 Å². The molecule has 3 aliphatic rings. The molecule has 0 aliphatic carbocycles. The second-order valence-corrected chi connectivity index (χ2v) is 21.9. The maximum absolute atomic E-state index is 13.0. The number of nitrogens with zero attached hydrogens (tertiary/aromatic N) is 3. The number of amides is 3. The van der Waals surface area contributed by atoms with Crippen LogP contribution in [-0.4, -0.2) is 174 Å². The van der Waals surface area contributed by atoms with E-state index in [2.05, 4.69) is 0 Å². The summed E-state index contributed by atoms with van der Waals surface area (Å²) in [5, 5.41) is 57.8. The van der Waals surface area contributed by atoms with E-state index in [0.29, 0.717) is 106 Å². The largest absolute Gasteiger partial charge is 0.507 e. The van der Waals surface area contributed by atoms with Crippen LogP contribution in [0.15, 0.2) is 127 Å². The van der Waals surface area contributed by atoms with Crippen molar-refractivity contribution in [2.45, 2.75) is 37.9 Å². The number of phenols is 3. The second-order valence-electron chi connectivity index (χ2n) is 18.5. The third-order valence-corrected chi connectivity index (χ3v) is 16.8. The summed E-state index contributed by atoms with van der Waals surface area (Å²) in [6.45, 7) is 1.79. The van der Waals surface area contributed by atoms with Crippen LogP contribution in [0.5, 0.6) is 34.5 Å². The van der Waals surface area contributed by atoms with Gasteiger partial charge in [-0.1, -0.05) is 72.8 Å². The number of aromatic hydroxyl groups is 3. The fourth-order valence-electron chi connectivity index (χ4n) is 9.13.